The van der Waals surface area contributed by atoms with Crippen LogP contribution in [-0.2, 0) is 0 Å². The molecule has 0 N–H and O–H groups in total. The molecule has 0 spiro atoms. The van der Waals surface area contributed by atoms with Gasteiger partial charge in [0, 0.05) is 17.2 Å². The van der Waals surface area contributed by atoms with Gasteiger partial charge in [0.1, 0.15) is 6.33 Å². The van der Waals surface area contributed by atoms with E-state index < -0.39 is 0 Å². The van der Waals surface area contributed by atoms with E-state index in [1.807, 2.05) is 0 Å². The lowest BCUT2D eigenvalue weighted by molar-refractivity contribution is 0.413. The summed E-state index contributed by atoms with van der Waals surface area (Å²) in [6.07, 6.45) is 7.33. The average molecular weight is 300 g/mol. The van der Waals surface area contributed by atoms with Crippen molar-refractivity contribution in [1.29, 1.82) is 0 Å². The summed E-state index contributed by atoms with van der Waals surface area (Å²) in [5.74, 6) is 2.47. The van der Waals surface area contributed by atoms with Crippen LogP contribution in [0.1, 0.15) is 37.3 Å². The fraction of sp³-hybridized carbons (Fsp3) is 0.333. The lowest BCUT2D eigenvalue weighted by atomic mass is 9.86. The Balaban J connectivity index is 1.53. The molecule has 5 rings (SSSR count). The van der Waals surface area contributed by atoms with Crippen molar-refractivity contribution >= 4 is 10.8 Å². The van der Waals surface area contributed by atoms with E-state index in [1.165, 1.54) is 47.7 Å². The van der Waals surface area contributed by atoms with Crippen LogP contribution in [0.3, 0.4) is 0 Å². The van der Waals surface area contributed by atoms with Crippen LogP contribution in [0, 0.1) is 11.8 Å². The van der Waals surface area contributed by atoms with Crippen molar-refractivity contribution in [3.63, 3.8) is 0 Å². The van der Waals surface area contributed by atoms with Gasteiger partial charge in [0.2, 0.25) is 0 Å². The lowest BCUT2D eigenvalue weighted by Gasteiger charge is -2.21. The van der Waals surface area contributed by atoms with E-state index in [-0.39, 0.29) is 0 Å². The predicted octanol–water partition coefficient (Wildman–Crippen LogP) is 5.20. The molecular formula is C21H20N2. The monoisotopic (exact) mass is 300 g/mol. The summed E-state index contributed by atoms with van der Waals surface area (Å²) in [5.41, 5.74) is 3.51. The Kier molecular flexibility index (Phi) is 2.97. The van der Waals surface area contributed by atoms with Gasteiger partial charge < -0.3 is 0 Å². The average Bonchev–Trinajstić information content (AvgIpc) is 3.25. The molecule has 3 unspecified atom stereocenters. The minimum Gasteiger partial charge on any atom is -0.241 e. The van der Waals surface area contributed by atoms with Crippen LogP contribution in [0.15, 0.2) is 54.9 Å². The summed E-state index contributed by atoms with van der Waals surface area (Å²) >= 11 is 0. The summed E-state index contributed by atoms with van der Waals surface area (Å²) in [6, 6.07) is 17.3. The molecule has 2 fully saturated rings. The first-order chi connectivity index (χ1) is 11.4. The maximum atomic E-state index is 4.62. The Morgan fingerprint density at radius 2 is 1.74 bits per heavy atom. The Bertz CT molecular complexity index is 870. The second-order valence-electron chi connectivity index (χ2n) is 7.17. The van der Waals surface area contributed by atoms with Crippen molar-refractivity contribution in [2.24, 2.45) is 11.8 Å². The normalized spacial score (nSPS) is 26.0. The van der Waals surface area contributed by atoms with Crippen LogP contribution in [0.25, 0.3) is 22.0 Å². The Morgan fingerprint density at radius 1 is 0.826 bits per heavy atom. The highest BCUT2D eigenvalue weighted by Crippen LogP contribution is 2.52. The van der Waals surface area contributed by atoms with E-state index >= 15 is 0 Å². The number of benzene rings is 2. The summed E-state index contributed by atoms with van der Waals surface area (Å²) in [4.78, 5) is 9.16. The van der Waals surface area contributed by atoms with Gasteiger partial charge >= 0.3 is 0 Å². The second kappa shape index (κ2) is 5.16. The van der Waals surface area contributed by atoms with E-state index in [0.717, 1.165) is 17.5 Å². The van der Waals surface area contributed by atoms with Crippen LogP contribution in [-0.4, -0.2) is 9.97 Å². The first kappa shape index (κ1) is 13.2. The number of aromatic nitrogens is 2. The number of nitrogens with zero attached hydrogens (tertiary/aromatic N) is 2. The molecule has 2 aliphatic carbocycles. The van der Waals surface area contributed by atoms with Crippen molar-refractivity contribution in [2.45, 2.75) is 31.6 Å². The third kappa shape index (κ3) is 2.24. The molecule has 0 radical (unpaired) electrons. The van der Waals surface area contributed by atoms with Gasteiger partial charge in [-0.25, -0.2) is 9.97 Å². The molecule has 3 atom stereocenters. The van der Waals surface area contributed by atoms with Gasteiger partial charge in [-0.05, 0) is 54.0 Å². The molecule has 2 aromatic carbocycles. The first-order valence-corrected chi connectivity index (χ1v) is 8.68. The molecule has 2 bridgehead atoms. The number of rotatable bonds is 2. The minimum absolute atomic E-state index is 0.663. The van der Waals surface area contributed by atoms with E-state index in [9.17, 15) is 0 Å². The van der Waals surface area contributed by atoms with Gasteiger partial charge in [0.05, 0.1) is 5.69 Å². The van der Waals surface area contributed by atoms with Gasteiger partial charge in [-0.15, -0.1) is 0 Å². The molecule has 1 heterocycles. The molecule has 0 aliphatic heterocycles. The smallest absolute Gasteiger partial charge is 0.116 e. The van der Waals surface area contributed by atoms with Crippen molar-refractivity contribution in [1.82, 2.24) is 9.97 Å². The van der Waals surface area contributed by atoms with Crippen LogP contribution in [0.4, 0.5) is 0 Å². The zero-order chi connectivity index (χ0) is 15.2. The molecular weight excluding hydrogens is 280 g/mol. The minimum atomic E-state index is 0.663. The largest absolute Gasteiger partial charge is 0.241 e. The van der Waals surface area contributed by atoms with Crippen molar-refractivity contribution < 1.29 is 0 Å². The van der Waals surface area contributed by atoms with E-state index in [0.29, 0.717) is 5.92 Å². The van der Waals surface area contributed by atoms with Crippen LogP contribution < -0.4 is 0 Å². The molecule has 2 aliphatic rings. The first-order valence-electron chi connectivity index (χ1n) is 8.68. The summed E-state index contributed by atoms with van der Waals surface area (Å²) in [7, 11) is 0. The van der Waals surface area contributed by atoms with Crippen molar-refractivity contribution in [3.8, 4) is 11.3 Å². The molecule has 23 heavy (non-hydrogen) atoms. The molecule has 0 amide bonds. The fourth-order valence-corrected chi connectivity index (χ4v) is 4.69. The molecule has 2 heteroatoms. The number of hydrogen-bond acceptors (Lipinski definition) is 2. The van der Waals surface area contributed by atoms with Crippen molar-refractivity contribution in [2.75, 3.05) is 0 Å². The van der Waals surface area contributed by atoms with E-state index in [2.05, 4.69) is 58.5 Å². The van der Waals surface area contributed by atoms with Gasteiger partial charge in [-0.1, -0.05) is 42.8 Å². The standard InChI is InChI=1S/C21H20N2/c1-2-4-16-11-18(8-7-15(16)3-1)20-12-21(23-13-22-20)19-10-14-5-6-17(19)9-14/h1-4,7-8,11-14,17,19H,5-6,9-10H2. The third-order valence-corrected chi connectivity index (χ3v) is 5.85. The van der Waals surface area contributed by atoms with E-state index in [4.69, 9.17) is 0 Å². The lowest BCUT2D eigenvalue weighted by Crippen LogP contribution is -2.10. The highest BCUT2D eigenvalue weighted by molar-refractivity contribution is 5.86. The summed E-state index contributed by atoms with van der Waals surface area (Å²) in [6.45, 7) is 0. The third-order valence-electron chi connectivity index (χ3n) is 5.85. The van der Waals surface area contributed by atoms with Gasteiger partial charge in [-0.2, -0.15) is 0 Å². The fourth-order valence-electron chi connectivity index (χ4n) is 4.69. The molecule has 2 nitrogen and oxygen atoms in total. The zero-order valence-corrected chi connectivity index (χ0v) is 13.2. The maximum Gasteiger partial charge on any atom is 0.116 e. The van der Waals surface area contributed by atoms with Gasteiger partial charge in [0.15, 0.2) is 0 Å². The quantitative estimate of drug-likeness (QED) is 0.650. The second-order valence-corrected chi connectivity index (χ2v) is 7.17. The predicted molar refractivity (Wildman–Crippen MR) is 93.2 cm³/mol. The van der Waals surface area contributed by atoms with Crippen LogP contribution in [0.2, 0.25) is 0 Å². The van der Waals surface area contributed by atoms with E-state index in [1.54, 1.807) is 6.33 Å². The maximum absolute atomic E-state index is 4.62. The van der Waals surface area contributed by atoms with Crippen LogP contribution >= 0.6 is 0 Å². The highest BCUT2D eigenvalue weighted by atomic mass is 14.8. The number of hydrogen-bond donors (Lipinski definition) is 0. The van der Waals surface area contributed by atoms with Gasteiger partial charge in [-0.3, -0.25) is 0 Å². The van der Waals surface area contributed by atoms with Gasteiger partial charge in [0.25, 0.3) is 0 Å². The topological polar surface area (TPSA) is 25.8 Å². The SMILES string of the molecule is c1ccc2cc(-c3cc(C4CC5CCC4C5)ncn3)ccc2c1. The summed E-state index contributed by atoms with van der Waals surface area (Å²) < 4.78 is 0. The molecule has 1 aromatic heterocycles. The molecule has 3 aromatic rings. The van der Waals surface area contributed by atoms with Crippen molar-refractivity contribution in [3.05, 3.63) is 60.6 Å². The Hall–Kier alpha value is -2.22. The highest BCUT2D eigenvalue weighted by Gasteiger charge is 2.40. The van der Waals surface area contributed by atoms with Crippen LogP contribution in [0.5, 0.6) is 0 Å². The Morgan fingerprint density at radius 3 is 2.57 bits per heavy atom. The Labute approximate surface area is 136 Å². The number of fused-ring (bicyclic) bond motifs is 3. The molecule has 2 saturated carbocycles. The molecule has 0 saturated heterocycles. The summed E-state index contributed by atoms with van der Waals surface area (Å²) in [5, 5.41) is 2.55. The molecule has 114 valence electrons. The zero-order valence-electron chi connectivity index (χ0n) is 13.2.